The molecular formula is C20H19Cl2N3OS. The molecule has 0 N–H and O–H groups in total. The summed E-state index contributed by atoms with van der Waals surface area (Å²) in [5.74, 6) is 2.26. The van der Waals surface area contributed by atoms with Crippen molar-refractivity contribution in [1.82, 2.24) is 14.8 Å². The van der Waals surface area contributed by atoms with E-state index in [1.165, 1.54) is 0 Å². The van der Waals surface area contributed by atoms with Gasteiger partial charge in [-0.2, -0.15) is 0 Å². The number of rotatable bonds is 8. The van der Waals surface area contributed by atoms with Gasteiger partial charge in [0, 0.05) is 12.3 Å². The number of thioether (sulfide) groups is 1. The highest BCUT2D eigenvalue weighted by molar-refractivity contribution is 7.98. The Morgan fingerprint density at radius 2 is 1.93 bits per heavy atom. The van der Waals surface area contributed by atoms with Crippen molar-refractivity contribution >= 4 is 35.0 Å². The molecule has 0 radical (unpaired) electrons. The normalized spacial score (nSPS) is 12.0. The van der Waals surface area contributed by atoms with Crippen molar-refractivity contribution in [3.8, 4) is 5.75 Å². The summed E-state index contributed by atoms with van der Waals surface area (Å²) < 4.78 is 8.01. The zero-order valence-corrected chi connectivity index (χ0v) is 17.1. The molecule has 7 heteroatoms. The molecule has 0 aliphatic carbocycles. The van der Waals surface area contributed by atoms with Gasteiger partial charge in [-0.25, -0.2) is 0 Å². The lowest BCUT2D eigenvalue weighted by Gasteiger charge is -2.15. The van der Waals surface area contributed by atoms with Crippen LogP contribution in [0.15, 0.2) is 66.3 Å². The van der Waals surface area contributed by atoms with Crippen molar-refractivity contribution in [3.05, 3.63) is 82.6 Å². The maximum atomic E-state index is 6.10. The van der Waals surface area contributed by atoms with Gasteiger partial charge in [-0.15, -0.1) is 16.8 Å². The number of nitrogens with zero attached hydrogens (tertiary/aromatic N) is 3. The van der Waals surface area contributed by atoms with E-state index in [1.54, 1.807) is 17.8 Å². The topological polar surface area (TPSA) is 39.9 Å². The summed E-state index contributed by atoms with van der Waals surface area (Å²) in [7, 11) is 0. The van der Waals surface area contributed by atoms with Crippen LogP contribution in [-0.4, -0.2) is 14.8 Å². The molecule has 0 amide bonds. The SMILES string of the molecule is C=CCn1c(SCc2ccc(Cl)c(Cl)c2)nnc1[C@H](C)Oc1ccccc1. The summed E-state index contributed by atoms with van der Waals surface area (Å²) >= 11 is 13.7. The van der Waals surface area contributed by atoms with Crippen molar-refractivity contribution in [2.45, 2.75) is 30.5 Å². The Hall–Kier alpha value is -1.95. The van der Waals surface area contributed by atoms with Crippen LogP contribution in [0, 0.1) is 0 Å². The minimum absolute atomic E-state index is 0.237. The molecule has 0 saturated heterocycles. The van der Waals surface area contributed by atoms with E-state index in [0.717, 1.165) is 22.3 Å². The Kier molecular flexibility index (Phi) is 6.83. The number of ether oxygens (including phenoxy) is 1. The fourth-order valence-corrected chi connectivity index (χ4v) is 3.76. The maximum Gasteiger partial charge on any atom is 0.191 e. The Morgan fingerprint density at radius 1 is 1.15 bits per heavy atom. The Morgan fingerprint density at radius 3 is 2.63 bits per heavy atom. The average Bonchev–Trinajstić information content (AvgIpc) is 3.07. The third-order valence-corrected chi connectivity index (χ3v) is 5.61. The molecule has 3 aromatic rings. The summed E-state index contributed by atoms with van der Waals surface area (Å²) in [4.78, 5) is 0. The molecule has 0 aliphatic heterocycles. The van der Waals surface area contributed by atoms with Gasteiger partial charge < -0.3 is 4.74 Å². The van der Waals surface area contributed by atoms with Gasteiger partial charge >= 0.3 is 0 Å². The molecule has 0 unspecified atom stereocenters. The van der Waals surface area contributed by atoms with Crippen molar-refractivity contribution in [2.24, 2.45) is 0 Å². The summed E-state index contributed by atoms with van der Waals surface area (Å²) in [6, 6.07) is 15.3. The first-order valence-corrected chi connectivity index (χ1v) is 10.1. The largest absolute Gasteiger partial charge is 0.483 e. The van der Waals surface area contributed by atoms with Crippen molar-refractivity contribution in [1.29, 1.82) is 0 Å². The molecule has 0 aliphatic rings. The minimum Gasteiger partial charge on any atom is -0.483 e. The van der Waals surface area contributed by atoms with E-state index in [2.05, 4.69) is 16.8 Å². The van der Waals surface area contributed by atoms with Crippen LogP contribution in [0.2, 0.25) is 10.0 Å². The Labute approximate surface area is 173 Å². The van der Waals surface area contributed by atoms with Crippen molar-refractivity contribution < 1.29 is 4.74 Å². The lowest BCUT2D eigenvalue weighted by atomic mass is 10.2. The minimum atomic E-state index is -0.237. The molecule has 1 aromatic heterocycles. The number of aromatic nitrogens is 3. The molecular weight excluding hydrogens is 401 g/mol. The predicted molar refractivity (Wildman–Crippen MR) is 112 cm³/mol. The highest BCUT2D eigenvalue weighted by Crippen LogP contribution is 2.29. The molecule has 1 atom stereocenters. The van der Waals surface area contributed by atoms with E-state index in [1.807, 2.05) is 60.0 Å². The molecule has 1 heterocycles. The van der Waals surface area contributed by atoms with Crippen LogP contribution in [0.25, 0.3) is 0 Å². The van der Waals surface area contributed by atoms with Crippen LogP contribution in [0.3, 0.4) is 0 Å². The van der Waals surface area contributed by atoms with Crippen LogP contribution in [0.1, 0.15) is 24.4 Å². The van der Waals surface area contributed by atoms with Crippen LogP contribution >= 0.6 is 35.0 Å². The molecule has 0 bridgehead atoms. The second-order valence-electron chi connectivity index (χ2n) is 5.85. The second kappa shape index (κ2) is 9.31. The van der Waals surface area contributed by atoms with Crippen molar-refractivity contribution in [3.63, 3.8) is 0 Å². The van der Waals surface area contributed by atoms with Gasteiger partial charge in [0.15, 0.2) is 17.1 Å². The van der Waals surface area contributed by atoms with Gasteiger partial charge in [0.25, 0.3) is 0 Å². The number of allylic oxidation sites excluding steroid dienone is 1. The maximum absolute atomic E-state index is 6.10. The van der Waals surface area contributed by atoms with Gasteiger partial charge in [0.2, 0.25) is 0 Å². The first kappa shape index (κ1) is 19.8. The van der Waals surface area contributed by atoms with Crippen LogP contribution < -0.4 is 4.74 Å². The molecule has 4 nitrogen and oxygen atoms in total. The molecule has 140 valence electrons. The second-order valence-corrected chi connectivity index (χ2v) is 7.61. The number of benzene rings is 2. The molecule has 0 spiro atoms. The van der Waals surface area contributed by atoms with Crippen LogP contribution in [-0.2, 0) is 12.3 Å². The quantitative estimate of drug-likeness (QED) is 0.321. The summed E-state index contributed by atoms with van der Waals surface area (Å²) in [6.45, 7) is 6.41. The molecule has 3 rings (SSSR count). The predicted octanol–water partition coefficient (Wildman–Crippen LogP) is 6.20. The van der Waals surface area contributed by atoms with Gasteiger partial charge in [0.05, 0.1) is 10.0 Å². The molecule has 2 aromatic carbocycles. The van der Waals surface area contributed by atoms with E-state index in [-0.39, 0.29) is 6.10 Å². The first-order valence-electron chi connectivity index (χ1n) is 8.41. The zero-order valence-electron chi connectivity index (χ0n) is 14.8. The van der Waals surface area contributed by atoms with Gasteiger partial charge in [-0.05, 0) is 36.8 Å². The van der Waals surface area contributed by atoms with E-state index in [9.17, 15) is 0 Å². The van der Waals surface area contributed by atoms with E-state index >= 15 is 0 Å². The summed E-state index contributed by atoms with van der Waals surface area (Å²) in [6.07, 6.45) is 1.59. The average molecular weight is 420 g/mol. The van der Waals surface area contributed by atoms with Crippen LogP contribution in [0.4, 0.5) is 0 Å². The lowest BCUT2D eigenvalue weighted by molar-refractivity contribution is 0.210. The first-order chi connectivity index (χ1) is 13.1. The molecule has 0 fully saturated rings. The highest BCUT2D eigenvalue weighted by Gasteiger charge is 2.19. The fraction of sp³-hybridized carbons (Fsp3) is 0.200. The summed E-state index contributed by atoms with van der Waals surface area (Å²) in [5, 5.41) is 10.6. The lowest BCUT2D eigenvalue weighted by Crippen LogP contribution is -2.12. The van der Waals surface area contributed by atoms with Crippen LogP contribution in [0.5, 0.6) is 5.75 Å². The third-order valence-electron chi connectivity index (χ3n) is 3.83. The molecule has 27 heavy (non-hydrogen) atoms. The number of hydrogen-bond donors (Lipinski definition) is 0. The fourth-order valence-electron chi connectivity index (χ4n) is 2.54. The number of hydrogen-bond acceptors (Lipinski definition) is 4. The monoisotopic (exact) mass is 419 g/mol. The van der Waals surface area contributed by atoms with E-state index in [0.29, 0.717) is 22.3 Å². The van der Waals surface area contributed by atoms with Gasteiger partial charge in [0.1, 0.15) is 5.75 Å². The smallest absolute Gasteiger partial charge is 0.191 e. The Balaban J connectivity index is 1.75. The standard InChI is InChI=1S/C20H19Cl2N3OS/c1-3-11-25-19(14(2)26-16-7-5-4-6-8-16)23-24-20(25)27-13-15-9-10-17(21)18(22)12-15/h3-10,12,14H,1,11,13H2,2H3/t14-/m0/s1. The summed E-state index contributed by atoms with van der Waals surface area (Å²) in [5.41, 5.74) is 1.07. The molecule has 0 saturated carbocycles. The number of para-hydroxylation sites is 1. The zero-order chi connectivity index (χ0) is 19.2. The van der Waals surface area contributed by atoms with Crippen molar-refractivity contribution in [2.75, 3.05) is 0 Å². The number of halogens is 2. The van der Waals surface area contributed by atoms with Gasteiger partial charge in [-0.1, -0.05) is 65.3 Å². The van der Waals surface area contributed by atoms with E-state index < -0.39 is 0 Å². The Bertz CT molecular complexity index is 915. The highest BCUT2D eigenvalue weighted by atomic mass is 35.5. The van der Waals surface area contributed by atoms with E-state index in [4.69, 9.17) is 27.9 Å². The van der Waals surface area contributed by atoms with Gasteiger partial charge in [-0.3, -0.25) is 4.57 Å². The third kappa shape index (κ3) is 5.06.